The Morgan fingerprint density at radius 1 is 1.16 bits per heavy atom. The van der Waals surface area contributed by atoms with Crippen LogP contribution in [-0.2, 0) is 24.7 Å². The van der Waals surface area contributed by atoms with Crippen molar-refractivity contribution in [2.45, 2.75) is 37.0 Å². The third-order valence-corrected chi connectivity index (χ3v) is 7.61. The van der Waals surface area contributed by atoms with Crippen molar-refractivity contribution < 1.29 is 26.7 Å². The molecule has 9 heteroatoms. The van der Waals surface area contributed by atoms with Crippen LogP contribution in [0.4, 0.5) is 0 Å². The van der Waals surface area contributed by atoms with Gasteiger partial charge in [0.15, 0.2) is 0 Å². The average molecular weight is 311 g/mol. The van der Waals surface area contributed by atoms with E-state index < -0.39 is 37.6 Å². The van der Waals surface area contributed by atoms with Gasteiger partial charge in [-0.25, -0.2) is 16.8 Å². The highest BCUT2D eigenvalue weighted by molar-refractivity contribution is 7.92. The first-order chi connectivity index (χ1) is 8.72. The molecule has 0 bridgehead atoms. The summed E-state index contributed by atoms with van der Waals surface area (Å²) in [5.41, 5.74) is 0. The quantitative estimate of drug-likeness (QED) is 0.729. The van der Waals surface area contributed by atoms with Gasteiger partial charge in [0.1, 0.15) is 16.4 Å². The number of carboxylic acid groups (broad SMARTS) is 1. The van der Waals surface area contributed by atoms with E-state index in [4.69, 9.17) is 5.11 Å². The van der Waals surface area contributed by atoms with Gasteiger partial charge >= 0.3 is 5.97 Å². The lowest BCUT2D eigenvalue weighted by atomic mass is 10.2. The van der Waals surface area contributed by atoms with Gasteiger partial charge in [0.05, 0.1) is 16.8 Å². The Morgan fingerprint density at radius 2 is 1.68 bits per heavy atom. The van der Waals surface area contributed by atoms with E-state index in [0.717, 1.165) is 4.31 Å². The third-order valence-electron chi connectivity index (χ3n) is 3.50. The minimum absolute atomic E-state index is 0.0630. The van der Waals surface area contributed by atoms with Crippen LogP contribution in [0, 0.1) is 0 Å². The number of carbonyl (C=O) groups is 1. The van der Waals surface area contributed by atoms with Crippen LogP contribution >= 0.6 is 0 Å². The van der Waals surface area contributed by atoms with Crippen LogP contribution in [-0.4, -0.2) is 61.6 Å². The molecule has 0 aromatic rings. The second kappa shape index (κ2) is 5.02. The van der Waals surface area contributed by atoms with Gasteiger partial charge in [-0.1, -0.05) is 0 Å². The Kier molecular flexibility index (Phi) is 3.90. The number of sulfone groups is 1. The van der Waals surface area contributed by atoms with Crippen molar-refractivity contribution in [2.24, 2.45) is 0 Å². The second-order valence-corrected chi connectivity index (χ2v) is 9.54. The van der Waals surface area contributed by atoms with E-state index >= 15 is 0 Å². The Morgan fingerprint density at radius 3 is 2.11 bits per heavy atom. The van der Waals surface area contributed by atoms with Crippen molar-refractivity contribution in [1.82, 2.24) is 4.31 Å². The molecule has 1 heterocycles. The van der Waals surface area contributed by atoms with Gasteiger partial charge in [-0.15, -0.1) is 0 Å². The minimum atomic E-state index is -3.72. The molecule has 0 amide bonds. The molecule has 0 atom stereocenters. The number of aliphatic carboxylic acids is 1. The summed E-state index contributed by atoms with van der Waals surface area (Å²) in [6.07, 6.45) is 1.48. The van der Waals surface area contributed by atoms with E-state index in [9.17, 15) is 21.6 Å². The first-order valence-corrected chi connectivity index (χ1v) is 9.48. The van der Waals surface area contributed by atoms with Gasteiger partial charge in [-0.3, -0.25) is 4.79 Å². The van der Waals surface area contributed by atoms with E-state index in [1.165, 1.54) is 0 Å². The molecule has 2 aliphatic rings. The minimum Gasteiger partial charge on any atom is -0.480 e. The lowest BCUT2D eigenvalue weighted by molar-refractivity contribution is -0.137. The number of carboxylic acids is 1. The van der Waals surface area contributed by atoms with Crippen LogP contribution in [0.15, 0.2) is 0 Å². The Hall–Kier alpha value is -0.670. The van der Waals surface area contributed by atoms with Crippen molar-refractivity contribution >= 4 is 25.8 Å². The highest BCUT2D eigenvalue weighted by atomic mass is 32.2. The van der Waals surface area contributed by atoms with Crippen LogP contribution in [0.3, 0.4) is 0 Å². The first-order valence-electron chi connectivity index (χ1n) is 6.15. The zero-order valence-electron chi connectivity index (χ0n) is 10.4. The van der Waals surface area contributed by atoms with Gasteiger partial charge in [-0.05, 0) is 25.7 Å². The zero-order chi connectivity index (χ0) is 14.3. The number of sulfonamides is 1. The van der Waals surface area contributed by atoms with Crippen LogP contribution in [0.5, 0.6) is 0 Å². The average Bonchev–Trinajstić information content (AvgIpc) is 3.08. The van der Waals surface area contributed by atoms with E-state index in [1.807, 2.05) is 0 Å². The van der Waals surface area contributed by atoms with E-state index in [0.29, 0.717) is 12.8 Å². The fourth-order valence-corrected chi connectivity index (χ4v) is 6.20. The molecule has 19 heavy (non-hydrogen) atoms. The molecule has 1 saturated carbocycles. The molecule has 7 nitrogen and oxygen atoms in total. The molecule has 0 unspecified atom stereocenters. The Labute approximate surface area is 112 Å². The third kappa shape index (κ3) is 3.46. The maximum Gasteiger partial charge on any atom is 0.318 e. The summed E-state index contributed by atoms with van der Waals surface area (Å²) < 4.78 is 48.4. The predicted molar refractivity (Wildman–Crippen MR) is 68.0 cm³/mol. The van der Waals surface area contributed by atoms with Crippen LogP contribution in [0.25, 0.3) is 0 Å². The van der Waals surface area contributed by atoms with E-state index in [-0.39, 0.29) is 30.4 Å². The Bertz CT molecular complexity index is 549. The molecular weight excluding hydrogens is 294 g/mol. The number of nitrogens with zero attached hydrogens (tertiary/aromatic N) is 1. The molecule has 0 spiro atoms. The van der Waals surface area contributed by atoms with Gasteiger partial charge in [-0.2, -0.15) is 4.31 Å². The fourth-order valence-electron chi connectivity index (χ4n) is 2.28. The topological polar surface area (TPSA) is 109 Å². The largest absolute Gasteiger partial charge is 0.480 e. The van der Waals surface area contributed by atoms with Gasteiger partial charge < -0.3 is 5.11 Å². The number of hydrogen-bond donors (Lipinski definition) is 1. The summed E-state index contributed by atoms with van der Waals surface area (Å²) in [6.45, 7) is -0.531. The predicted octanol–water partition coefficient (Wildman–Crippen LogP) is -0.558. The lowest BCUT2D eigenvalue weighted by Gasteiger charge is -2.28. The summed E-state index contributed by atoms with van der Waals surface area (Å²) >= 11 is 0. The van der Waals surface area contributed by atoms with Gasteiger partial charge in [0, 0.05) is 6.04 Å². The molecule has 110 valence electrons. The molecule has 0 radical (unpaired) electrons. The zero-order valence-corrected chi connectivity index (χ0v) is 12.0. The van der Waals surface area contributed by atoms with E-state index in [2.05, 4.69) is 0 Å². The van der Waals surface area contributed by atoms with Crippen LogP contribution < -0.4 is 0 Å². The number of hydrogen-bond acceptors (Lipinski definition) is 5. The van der Waals surface area contributed by atoms with Crippen molar-refractivity contribution in [1.29, 1.82) is 0 Å². The SMILES string of the molecule is O=C(O)CN(C1CC1)S(=O)(=O)C1CCS(=O)(=O)CC1. The normalized spacial score (nSPS) is 24.5. The Balaban J connectivity index is 2.14. The molecule has 2 fully saturated rings. The summed E-state index contributed by atoms with van der Waals surface area (Å²) in [4.78, 5) is 10.8. The molecule has 0 aromatic heterocycles. The molecular formula is C10H17NO6S2. The van der Waals surface area contributed by atoms with Crippen LogP contribution in [0.2, 0.25) is 0 Å². The lowest BCUT2D eigenvalue weighted by Crippen LogP contribution is -2.45. The highest BCUT2D eigenvalue weighted by Gasteiger charge is 2.43. The monoisotopic (exact) mass is 311 g/mol. The van der Waals surface area contributed by atoms with Gasteiger partial charge in [0.25, 0.3) is 0 Å². The number of rotatable bonds is 5. The second-order valence-electron chi connectivity index (χ2n) is 5.07. The summed E-state index contributed by atoms with van der Waals surface area (Å²) in [5.74, 6) is -1.45. The molecule has 1 saturated heterocycles. The van der Waals surface area contributed by atoms with Crippen molar-refractivity contribution in [3.8, 4) is 0 Å². The van der Waals surface area contributed by atoms with Crippen molar-refractivity contribution in [3.05, 3.63) is 0 Å². The maximum atomic E-state index is 12.4. The van der Waals surface area contributed by atoms with Crippen molar-refractivity contribution in [2.75, 3.05) is 18.1 Å². The van der Waals surface area contributed by atoms with Gasteiger partial charge in [0.2, 0.25) is 10.0 Å². The molecule has 0 aromatic carbocycles. The summed E-state index contributed by atoms with van der Waals surface area (Å²) in [6, 6.07) is -0.223. The maximum absolute atomic E-state index is 12.4. The standard InChI is InChI=1S/C10H17NO6S2/c12-10(13)7-11(8-1-2-8)19(16,17)9-3-5-18(14,15)6-4-9/h8-9H,1-7H2,(H,12,13). The van der Waals surface area contributed by atoms with E-state index in [1.54, 1.807) is 0 Å². The highest BCUT2D eigenvalue weighted by Crippen LogP contribution is 2.32. The molecule has 2 rings (SSSR count). The summed E-state index contributed by atoms with van der Waals surface area (Å²) in [7, 11) is -6.85. The smallest absolute Gasteiger partial charge is 0.318 e. The molecule has 1 aliphatic carbocycles. The fraction of sp³-hybridized carbons (Fsp3) is 0.900. The molecule has 1 N–H and O–H groups in total. The van der Waals surface area contributed by atoms with Crippen molar-refractivity contribution in [3.63, 3.8) is 0 Å². The summed E-state index contributed by atoms with van der Waals surface area (Å²) in [5, 5.41) is 8.04. The molecule has 1 aliphatic heterocycles. The first kappa shape index (κ1) is 14.7. The van der Waals surface area contributed by atoms with Crippen LogP contribution in [0.1, 0.15) is 25.7 Å².